The molecule has 2 unspecified atom stereocenters. The summed E-state index contributed by atoms with van der Waals surface area (Å²) >= 11 is 0. The van der Waals surface area contributed by atoms with Crippen molar-refractivity contribution in [1.82, 2.24) is 0 Å². The Kier molecular flexibility index (Phi) is 2.87. The van der Waals surface area contributed by atoms with Gasteiger partial charge in [0, 0.05) is 6.61 Å². The first-order valence-corrected chi connectivity index (χ1v) is 4.11. The third kappa shape index (κ3) is 2.15. The Labute approximate surface area is 67.0 Å². The van der Waals surface area contributed by atoms with E-state index in [1.807, 2.05) is 0 Å². The van der Waals surface area contributed by atoms with Gasteiger partial charge in [0.25, 0.3) is 0 Å². The van der Waals surface area contributed by atoms with Crippen molar-refractivity contribution >= 4 is 0 Å². The average Bonchev–Trinajstić information content (AvgIpc) is 2.06. The van der Waals surface area contributed by atoms with Crippen LogP contribution in [0.2, 0.25) is 0 Å². The van der Waals surface area contributed by atoms with Crippen molar-refractivity contribution in [3.05, 3.63) is 0 Å². The van der Waals surface area contributed by atoms with Crippen LogP contribution in [0.3, 0.4) is 0 Å². The van der Waals surface area contributed by atoms with Crippen molar-refractivity contribution in [3.8, 4) is 0 Å². The minimum absolute atomic E-state index is 0.179. The molecule has 66 valence electrons. The number of hydrogen-bond donors (Lipinski definition) is 2. The first-order chi connectivity index (χ1) is 5.17. The number of ether oxygens (including phenoxy) is 1. The zero-order valence-electron chi connectivity index (χ0n) is 6.92. The lowest BCUT2D eigenvalue weighted by atomic mass is 9.94. The van der Waals surface area contributed by atoms with Crippen LogP contribution < -0.4 is 0 Å². The van der Waals surface area contributed by atoms with Crippen LogP contribution >= 0.6 is 0 Å². The van der Waals surface area contributed by atoms with E-state index in [4.69, 9.17) is 9.84 Å². The molecule has 0 aliphatic carbocycles. The van der Waals surface area contributed by atoms with Gasteiger partial charge in [-0.3, -0.25) is 0 Å². The van der Waals surface area contributed by atoms with Crippen molar-refractivity contribution in [1.29, 1.82) is 0 Å². The maximum Gasteiger partial charge on any atom is 0.111 e. The standard InChI is InChI=1S/C8H16O3/c1-8(10,6-9)7-4-2-3-5-11-7/h7,9-10H,2-6H2,1H3. The summed E-state index contributed by atoms with van der Waals surface area (Å²) in [6, 6.07) is 0. The molecule has 3 heteroatoms. The Morgan fingerprint density at radius 1 is 1.55 bits per heavy atom. The Hall–Kier alpha value is -0.120. The molecule has 0 spiro atoms. The molecule has 0 amide bonds. The van der Waals surface area contributed by atoms with Crippen LogP contribution in [0.25, 0.3) is 0 Å². The van der Waals surface area contributed by atoms with Crippen LogP contribution in [0.1, 0.15) is 26.2 Å². The fourth-order valence-electron chi connectivity index (χ4n) is 1.33. The van der Waals surface area contributed by atoms with Gasteiger partial charge in [-0.1, -0.05) is 0 Å². The van der Waals surface area contributed by atoms with E-state index in [2.05, 4.69) is 0 Å². The van der Waals surface area contributed by atoms with E-state index >= 15 is 0 Å². The lowest BCUT2D eigenvalue weighted by Crippen LogP contribution is -2.45. The number of rotatable bonds is 2. The maximum atomic E-state index is 9.57. The van der Waals surface area contributed by atoms with Crippen molar-refractivity contribution in [2.45, 2.75) is 37.9 Å². The van der Waals surface area contributed by atoms with Crippen molar-refractivity contribution in [3.63, 3.8) is 0 Å². The molecule has 1 aliphatic rings. The van der Waals surface area contributed by atoms with Gasteiger partial charge in [0.05, 0.1) is 12.7 Å². The predicted molar refractivity (Wildman–Crippen MR) is 41.3 cm³/mol. The van der Waals surface area contributed by atoms with Crippen LogP contribution in [0.15, 0.2) is 0 Å². The van der Waals surface area contributed by atoms with Gasteiger partial charge < -0.3 is 14.9 Å². The topological polar surface area (TPSA) is 49.7 Å². The van der Waals surface area contributed by atoms with Gasteiger partial charge >= 0.3 is 0 Å². The Morgan fingerprint density at radius 3 is 2.73 bits per heavy atom. The van der Waals surface area contributed by atoms with E-state index in [-0.39, 0.29) is 12.7 Å². The molecule has 0 aromatic carbocycles. The predicted octanol–water partition coefficient (Wildman–Crippen LogP) is 0.299. The molecule has 1 rings (SSSR count). The molecule has 2 N–H and O–H groups in total. The molecular formula is C8H16O3. The smallest absolute Gasteiger partial charge is 0.111 e. The minimum atomic E-state index is -1.06. The van der Waals surface area contributed by atoms with Gasteiger partial charge in [0.15, 0.2) is 0 Å². The molecule has 0 bridgehead atoms. The van der Waals surface area contributed by atoms with E-state index in [9.17, 15) is 5.11 Å². The second kappa shape index (κ2) is 3.52. The van der Waals surface area contributed by atoms with E-state index in [0.717, 1.165) is 19.3 Å². The van der Waals surface area contributed by atoms with Crippen molar-refractivity contribution in [2.75, 3.05) is 13.2 Å². The largest absolute Gasteiger partial charge is 0.393 e. The summed E-state index contributed by atoms with van der Waals surface area (Å²) in [4.78, 5) is 0. The van der Waals surface area contributed by atoms with Gasteiger partial charge in [-0.15, -0.1) is 0 Å². The Balaban J connectivity index is 2.43. The second-order valence-corrected chi connectivity index (χ2v) is 3.37. The molecule has 0 radical (unpaired) electrons. The van der Waals surface area contributed by atoms with Gasteiger partial charge in [0.2, 0.25) is 0 Å². The molecule has 3 nitrogen and oxygen atoms in total. The zero-order chi connectivity index (χ0) is 8.32. The lowest BCUT2D eigenvalue weighted by molar-refractivity contribution is -0.136. The molecule has 1 aliphatic heterocycles. The summed E-state index contributed by atoms with van der Waals surface area (Å²) in [5.74, 6) is 0. The second-order valence-electron chi connectivity index (χ2n) is 3.37. The number of aliphatic hydroxyl groups excluding tert-OH is 1. The number of aliphatic hydroxyl groups is 2. The molecule has 2 atom stereocenters. The summed E-state index contributed by atoms with van der Waals surface area (Å²) in [7, 11) is 0. The summed E-state index contributed by atoms with van der Waals surface area (Å²) in [5, 5.41) is 18.4. The van der Waals surface area contributed by atoms with E-state index in [1.54, 1.807) is 6.92 Å². The van der Waals surface area contributed by atoms with Crippen molar-refractivity contribution in [2.24, 2.45) is 0 Å². The minimum Gasteiger partial charge on any atom is -0.393 e. The van der Waals surface area contributed by atoms with Gasteiger partial charge in [0.1, 0.15) is 5.60 Å². The molecule has 0 aromatic rings. The third-order valence-corrected chi connectivity index (χ3v) is 2.19. The van der Waals surface area contributed by atoms with E-state index < -0.39 is 5.60 Å². The van der Waals surface area contributed by atoms with Crippen molar-refractivity contribution < 1.29 is 14.9 Å². The lowest BCUT2D eigenvalue weighted by Gasteiger charge is -2.33. The van der Waals surface area contributed by atoms with Crippen LogP contribution in [-0.2, 0) is 4.74 Å². The summed E-state index contributed by atoms with van der Waals surface area (Å²) in [6.07, 6.45) is 2.83. The molecule has 1 heterocycles. The summed E-state index contributed by atoms with van der Waals surface area (Å²) < 4.78 is 5.32. The molecule has 1 fully saturated rings. The maximum absolute atomic E-state index is 9.57. The SMILES string of the molecule is CC(O)(CO)C1CCCCO1. The van der Waals surface area contributed by atoms with Crippen LogP contribution in [0.4, 0.5) is 0 Å². The molecular weight excluding hydrogens is 144 g/mol. The molecule has 1 saturated heterocycles. The van der Waals surface area contributed by atoms with Crippen LogP contribution in [-0.4, -0.2) is 35.1 Å². The summed E-state index contributed by atoms with van der Waals surface area (Å²) in [5.41, 5.74) is -1.06. The Morgan fingerprint density at radius 2 is 2.27 bits per heavy atom. The third-order valence-electron chi connectivity index (χ3n) is 2.19. The molecule has 0 saturated carbocycles. The first-order valence-electron chi connectivity index (χ1n) is 4.11. The van der Waals surface area contributed by atoms with Crippen LogP contribution in [0.5, 0.6) is 0 Å². The number of hydrogen-bond acceptors (Lipinski definition) is 3. The van der Waals surface area contributed by atoms with E-state index in [1.165, 1.54) is 0 Å². The van der Waals surface area contributed by atoms with Gasteiger partial charge in [-0.25, -0.2) is 0 Å². The highest BCUT2D eigenvalue weighted by atomic mass is 16.5. The highest BCUT2D eigenvalue weighted by Gasteiger charge is 2.33. The van der Waals surface area contributed by atoms with Gasteiger partial charge in [-0.05, 0) is 26.2 Å². The molecule has 11 heavy (non-hydrogen) atoms. The fourth-order valence-corrected chi connectivity index (χ4v) is 1.33. The highest BCUT2D eigenvalue weighted by molar-refractivity contribution is 4.83. The zero-order valence-corrected chi connectivity index (χ0v) is 6.92. The molecule has 0 aromatic heterocycles. The van der Waals surface area contributed by atoms with Crippen LogP contribution in [0, 0.1) is 0 Å². The van der Waals surface area contributed by atoms with E-state index in [0.29, 0.717) is 6.61 Å². The highest BCUT2D eigenvalue weighted by Crippen LogP contribution is 2.22. The Bertz CT molecular complexity index is 117. The average molecular weight is 160 g/mol. The first kappa shape index (κ1) is 8.97. The quantitative estimate of drug-likeness (QED) is 0.610. The normalized spacial score (nSPS) is 31.4. The van der Waals surface area contributed by atoms with Gasteiger partial charge in [-0.2, -0.15) is 0 Å². The fraction of sp³-hybridized carbons (Fsp3) is 1.00. The summed E-state index contributed by atoms with van der Waals surface area (Å²) in [6.45, 7) is 2.10. The monoisotopic (exact) mass is 160 g/mol.